The fourth-order valence-corrected chi connectivity index (χ4v) is 3.05. The molecule has 1 fully saturated rings. The number of rotatable bonds is 3. The number of carbonyl (C=O) groups excluding carboxylic acids is 1. The summed E-state index contributed by atoms with van der Waals surface area (Å²) in [4.78, 5) is 18.2. The molecule has 1 aromatic carbocycles. The van der Waals surface area contributed by atoms with Crippen molar-refractivity contribution < 1.29 is 18.0 Å². The van der Waals surface area contributed by atoms with Gasteiger partial charge in [-0.05, 0) is 44.0 Å². The van der Waals surface area contributed by atoms with Crippen LogP contribution in [0.2, 0.25) is 0 Å². The number of pyridine rings is 1. The summed E-state index contributed by atoms with van der Waals surface area (Å²) < 4.78 is 37.8. The maximum atomic E-state index is 12.6. The van der Waals surface area contributed by atoms with E-state index in [9.17, 15) is 18.0 Å². The maximum Gasteiger partial charge on any atom is 0.417 e. The SMILES string of the molecule is Cc1cccc(C(=O)NC2CCN(c3ccc(C(F)(F)F)cn3)CC2)c1. The average Bonchev–Trinajstić information content (AvgIpc) is 2.62. The van der Waals surface area contributed by atoms with Gasteiger partial charge in [-0.1, -0.05) is 17.7 Å². The molecule has 26 heavy (non-hydrogen) atoms. The molecule has 0 saturated carbocycles. The molecule has 1 N–H and O–H groups in total. The van der Waals surface area contributed by atoms with Crippen LogP contribution < -0.4 is 10.2 Å². The first-order chi connectivity index (χ1) is 12.3. The van der Waals surface area contributed by atoms with E-state index >= 15 is 0 Å². The highest BCUT2D eigenvalue weighted by Crippen LogP contribution is 2.29. The number of anilines is 1. The van der Waals surface area contributed by atoms with Crippen molar-refractivity contribution in [3.63, 3.8) is 0 Å². The second-order valence-corrected chi connectivity index (χ2v) is 6.51. The van der Waals surface area contributed by atoms with E-state index in [1.165, 1.54) is 6.07 Å². The van der Waals surface area contributed by atoms with E-state index in [2.05, 4.69) is 10.3 Å². The molecule has 138 valence electrons. The topological polar surface area (TPSA) is 45.2 Å². The van der Waals surface area contributed by atoms with E-state index in [1.807, 2.05) is 30.0 Å². The first kappa shape index (κ1) is 18.2. The average molecular weight is 363 g/mol. The lowest BCUT2D eigenvalue weighted by molar-refractivity contribution is -0.137. The second kappa shape index (κ2) is 7.35. The fourth-order valence-electron chi connectivity index (χ4n) is 3.05. The van der Waals surface area contributed by atoms with Crippen LogP contribution in [0.5, 0.6) is 0 Å². The summed E-state index contributed by atoms with van der Waals surface area (Å²) in [5.41, 5.74) is 0.916. The summed E-state index contributed by atoms with van der Waals surface area (Å²) in [5, 5.41) is 3.03. The number of aryl methyl sites for hydroxylation is 1. The van der Waals surface area contributed by atoms with Crippen LogP contribution >= 0.6 is 0 Å². The predicted molar refractivity (Wildman–Crippen MR) is 93.1 cm³/mol. The van der Waals surface area contributed by atoms with Crippen molar-refractivity contribution in [3.05, 3.63) is 59.3 Å². The number of aromatic nitrogens is 1. The highest BCUT2D eigenvalue weighted by molar-refractivity contribution is 5.94. The Kier molecular flexibility index (Phi) is 5.15. The van der Waals surface area contributed by atoms with E-state index in [4.69, 9.17) is 0 Å². The molecule has 0 bridgehead atoms. The first-order valence-electron chi connectivity index (χ1n) is 8.48. The highest BCUT2D eigenvalue weighted by Gasteiger charge is 2.31. The largest absolute Gasteiger partial charge is 0.417 e. The molecule has 1 amide bonds. The molecular formula is C19H20F3N3O. The van der Waals surface area contributed by atoms with Crippen molar-refractivity contribution in [2.75, 3.05) is 18.0 Å². The third kappa shape index (κ3) is 4.33. The smallest absolute Gasteiger partial charge is 0.356 e. The van der Waals surface area contributed by atoms with Crippen LogP contribution in [0.1, 0.15) is 34.3 Å². The van der Waals surface area contributed by atoms with Crippen LogP contribution in [-0.4, -0.2) is 30.0 Å². The molecule has 0 atom stereocenters. The van der Waals surface area contributed by atoms with Gasteiger partial charge in [-0.3, -0.25) is 4.79 Å². The molecule has 1 aromatic heterocycles. The van der Waals surface area contributed by atoms with Crippen LogP contribution in [0.4, 0.5) is 19.0 Å². The number of hydrogen-bond acceptors (Lipinski definition) is 3. The van der Waals surface area contributed by atoms with E-state index in [0.717, 1.165) is 30.7 Å². The Labute approximate surface area is 150 Å². The van der Waals surface area contributed by atoms with Crippen molar-refractivity contribution in [2.24, 2.45) is 0 Å². The third-order valence-corrected chi connectivity index (χ3v) is 4.51. The van der Waals surface area contributed by atoms with Gasteiger partial charge in [0.05, 0.1) is 5.56 Å². The summed E-state index contributed by atoms with van der Waals surface area (Å²) in [7, 11) is 0. The molecule has 3 rings (SSSR count). The molecular weight excluding hydrogens is 343 g/mol. The van der Waals surface area contributed by atoms with Gasteiger partial charge in [0.15, 0.2) is 0 Å². The zero-order chi connectivity index (χ0) is 18.7. The summed E-state index contributed by atoms with van der Waals surface area (Å²) in [5.74, 6) is 0.432. The van der Waals surface area contributed by atoms with Crippen LogP contribution in [0.25, 0.3) is 0 Å². The zero-order valence-corrected chi connectivity index (χ0v) is 14.4. The number of benzene rings is 1. The molecule has 0 spiro atoms. The Morgan fingerprint density at radius 3 is 2.50 bits per heavy atom. The number of carbonyl (C=O) groups is 1. The molecule has 1 aliphatic rings. The Bertz CT molecular complexity index is 766. The minimum absolute atomic E-state index is 0.0497. The number of amides is 1. The van der Waals surface area contributed by atoms with E-state index < -0.39 is 11.7 Å². The Balaban J connectivity index is 1.55. The Morgan fingerprint density at radius 2 is 1.92 bits per heavy atom. The second-order valence-electron chi connectivity index (χ2n) is 6.51. The van der Waals surface area contributed by atoms with Gasteiger partial charge < -0.3 is 10.2 Å². The van der Waals surface area contributed by atoms with Gasteiger partial charge in [0.2, 0.25) is 0 Å². The van der Waals surface area contributed by atoms with E-state index in [0.29, 0.717) is 24.5 Å². The van der Waals surface area contributed by atoms with Crippen LogP contribution in [-0.2, 0) is 6.18 Å². The van der Waals surface area contributed by atoms with Crippen LogP contribution in [0.3, 0.4) is 0 Å². The van der Waals surface area contributed by atoms with Crippen LogP contribution in [0, 0.1) is 6.92 Å². The highest BCUT2D eigenvalue weighted by atomic mass is 19.4. The quantitative estimate of drug-likeness (QED) is 0.902. The molecule has 0 aliphatic carbocycles. The summed E-state index contributed by atoms with van der Waals surface area (Å²) in [6.45, 7) is 3.21. The van der Waals surface area contributed by atoms with E-state index in [1.54, 1.807) is 6.07 Å². The first-order valence-corrected chi connectivity index (χ1v) is 8.48. The Hall–Kier alpha value is -2.57. The van der Waals surface area contributed by atoms with Gasteiger partial charge in [-0.2, -0.15) is 13.2 Å². The molecule has 4 nitrogen and oxygen atoms in total. The predicted octanol–water partition coefficient (Wildman–Crippen LogP) is 3.81. The van der Waals surface area contributed by atoms with Crippen molar-refractivity contribution in [1.29, 1.82) is 0 Å². The lowest BCUT2D eigenvalue weighted by atomic mass is 10.0. The van der Waals surface area contributed by atoms with Gasteiger partial charge in [0.25, 0.3) is 5.91 Å². The molecule has 0 unspecified atom stereocenters. The summed E-state index contributed by atoms with van der Waals surface area (Å²) >= 11 is 0. The summed E-state index contributed by atoms with van der Waals surface area (Å²) in [6, 6.07) is 9.91. The molecule has 1 aliphatic heterocycles. The Morgan fingerprint density at radius 1 is 1.19 bits per heavy atom. The standard InChI is InChI=1S/C19H20F3N3O/c1-13-3-2-4-14(11-13)18(26)24-16-7-9-25(10-8-16)17-6-5-15(12-23-17)19(20,21)22/h2-6,11-12,16H,7-10H2,1H3,(H,24,26). The van der Waals surface area contributed by atoms with Crippen molar-refractivity contribution in [3.8, 4) is 0 Å². The number of halogens is 3. The molecule has 7 heteroatoms. The number of alkyl halides is 3. The lowest BCUT2D eigenvalue weighted by Gasteiger charge is -2.33. The van der Waals surface area contributed by atoms with E-state index in [-0.39, 0.29) is 11.9 Å². The lowest BCUT2D eigenvalue weighted by Crippen LogP contribution is -2.45. The molecule has 2 aromatic rings. The number of piperidine rings is 1. The van der Waals surface area contributed by atoms with Crippen molar-refractivity contribution in [1.82, 2.24) is 10.3 Å². The van der Waals surface area contributed by atoms with Crippen molar-refractivity contribution >= 4 is 11.7 Å². The van der Waals surface area contributed by atoms with Gasteiger partial charge >= 0.3 is 6.18 Å². The number of nitrogens with one attached hydrogen (secondary N) is 1. The van der Waals surface area contributed by atoms with Gasteiger partial charge in [0.1, 0.15) is 5.82 Å². The van der Waals surface area contributed by atoms with Crippen molar-refractivity contribution in [2.45, 2.75) is 32.0 Å². The molecule has 0 radical (unpaired) electrons. The normalized spacial score (nSPS) is 15.8. The fraction of sp³-hybridized carbons (Fsp3) is 0.368. The molecule has 1 saturated heterocycles. The minimum Gasteiger partial charge on any atom is -0.356 e. The van der Waals surface area contributed by atoms with Crippen LogP contribution in [0.15, 0.2) is 42.6 Å². The number of nitrogens with zero attached hydrogens (tertiary/aromatic N) is 2. The third-order valence-electron chi connectivity index (χ3n) is 4.51. The van der Waals surface area contributed by atoms with Gasteiger partial charge in [0, 0.05) is 30.9 Å². The maximum absolute atomic E-state index is 12.6. The number of hydrogen-bond donors (Lipinski definition) is 1. The monoisotopic (exact) mass is 363 g/mol. The van der Waals surface area contributed by atoms with Gasteiger partial charge in [-0.15, -0.1) is 0 Å². The van der Waals surface area contributed by atoms with Gasteiger partial charge in [-0.25, -0.2) is 4.98 Å². The summed E-state index contributed by atoms with van der Waals surface area (Å²) in [6.07, 6.45) is -2.07. The molecule has 2 heterocycles. The minimum atomic E-state index is -4.38. The zero-order valence-electron chi connectivity index (χ0n) is 14.4.